The van der Waals surface area contributed by atoms with E-state index in [2.05, 4.69) is 67.2 Å². The number of aliphatic imine (C=N–C) groups is 1. The van der Waals surface area contributed by atoms with Crippen molar-refractivity contribution in [3.63, 3.8) is 0 Å². The first kappa shape index (κ1) is 22.9. The molecule has 2 aromatic rings. The van der Waals surface area contributed by atoms with Crippen molar-refractivity contribution in [2.45, 2.75) is 26.4 Å². The number of amides is 1. The van der Waals surface area contributed by atoms with Gasteiger partial charge in [-0.1, -0.05) is 19.1 Å². The average Bonchev–Trinajstić information content (AvgIpc) is 3.18. The maximum atomic E-state index is 11.5. The number of halogens is 1. The number of guanidine groups is 1. The average molecular weight is 512 g/mol. The first-order valence-electron chi connectivity index (χ1n) is 9.61. The molecule has 0 saturated carbocycles. The Morgan fingerprint density at radius 3 is 2.76 bits per heavy atom. The van der Waals surface area contributed by atoms with E-state index in [1.165, 1.54) is 0 Å². The molecule has 1 aliphatic rings. The van der Waals surface area contributed by atoms with Crippen LogP contribution in [0.15, 0.2) is 35.6 Å². The first-order chi connectivity index (χ1) is 13.7. The molecular formula is C19H29IN8O. The monoisotopic (exact) mass is 512 g/mol. The highest BCUT2D eigenvalue weighted by Crippen LogP contribution is 2.16. The second kappa shape index (κ2) is 11.6. The van der Waals surface area contributed by atoms with Gasteiger partial charge in [-0.25, -0.2) is 0 Å². The van der Waals surface area contributed by atoms with Crippen LogP contribution in [-0.2, 0) is 24.3 Å². The van der Waals surface area contributed by atoms with E-state index >= 15 is 0 Å². The van der Waals surface area contributed by atoms with Gasteiger partial charge in [0, 0.05) is 51.9 Å². The molecule has 0 unspecified atom stereocenters. The molecule has 1 aromatic heterocycles. The Morgan fingerprint density at radius 1 is 1.28 bits per heavy atom. The van der Waals surface area contributed by atoms with Gasteiger partial charge >= 0.3 is 0 Å². The van der Waals surface area contributed by atoms with E-state index in [4.69, 9.17) is 0 Å². The molecule has 0 spiro atoms. The van der Waals surface area contributed by atoms with E-state index in [-0.39, 0.29) is 29.9 Å². The number of hydrogen-bond acceptors (Lipinski definition) is 5. The number of aromatic nitrogens is 3. The number of benzene rings is 1. The van der Waals surface area contributed by atoms with Crippen LogP contribution in [0, 0.1) is 0 Å². The number of carbonyl (C=O) groups excluding carboxylic acids is 1. The Balaban J connectivity index is 0.00000300. The Labute approximate surface area is 188 Å². The molecule has 1 aromatic carbocycles. The number of carbonyl (C=O) groups is 1. The van der Waals surface area contributed by atoms with Gasteiger partial charge in [-0.3, -0.25) is 9.79 Å². The zero-order valence-corrected chi connectivity index (χ0v) is 19.2. The summed E-state index contributed by atoms with van der Waals surface area (Å²) in [7, 11) is 1.76. The van der Waals surface area contributed by atoms with Crippen molar-refractivity contribution in [3.8, 4) is 0 Å². The molecule has 0 radical (unpaired) electrons. The lowest BCUT2D eigenvalue weighted by Gasteiger charge is -2.28. The highest BCUT2D eigenvalue weighted by molar-refractivity contribution is 14.0. The zero-order valence-electron chi connectivity index (χ0n) is 16.9. The van der Waals surface area contributed by atoms with Gasteiger partial charge in [0.05, 0.1) is 6.54 Å². The van der Waals surface area contributed by atoms with Gasteiger partial charge in [-0.2, -0.15) is 0 Å². The standard InChI is InChI=1S/C19H28N8O.HI/c1-3-17-25-24-14-27(17)11-9-22-19(20-2)23-12-15-4-6-16(7-5-15)26-10-8-21-18(28)13-26;/h4-7,14H,3,8-13H2,1-2H3,(H,21,28)(H2,20,22,23);1H. The molecule has 0 aliphatic carbocycles. The normalized spacial score (nSPS) is 14.2. The lowest BCUT2D eigenvalue weighted by molar-refractivity contribution is -0.120. The Kier molecular flexibility index (Phi) is 9.16. The Bertz CT molecular complexity index is 805. The van der Waals surface area contributed by atoms with Crippen molar-refractivity contribution in [3.05, 3.63) is 42.0 Å². The molecule has 1 saturated heterocycles. The molecule has 9 nitrogen and oxygen atoms in total. The van der Waals surface area contributed by atoms with Crippen molar-refractivity contribution in [1.29, 1.82) is 0 Å². The van der Waals surface area contributed by atoms with E-state index in [0.29, 0.717) is 19.6 Å². The van der Waals surface area contributed by atoms with Gasteiger partial charge in [0.25, 0.3) is 0 Å². The maximum Gasteiger partial charge on any atom is 0.239 e. The molecule has 1 aliphatic heterocycles. The van der Waals surface area contributed by atoms with Crippen molar-refractivity contribution in [2.24, 2.45) is 4.99 Å². The highest BCUT2D eigenvalue weighted by atomic mass is 127. The largest absolute Gasteiger partial charge is 0.360 e. The smallest absolute Gasteiger partial charge is 0.239 e. The Hall–Kier alpha value is -2.37. The van der Waals surface area contributed by atoms with E-state index in [9.17, 15) is 4.79 Å². The van der Waals surface area contributed by atoms with Crippen molar-refractivity contribution in [1.82, 2.24) is 30.7 Å². The van der Waals surface area contributed by atoms with Crippen LogP contribution >= 0.6 is 24.0 Å². The fraction of sp³-hybridized carbons (Fsp3) is 0.474. The van der Waals surface area contributed by atoms with Crippen molar-refractivity contribution < 1.29 is 4.79 Å². The number of anilines is 1. The molecule has 2 heterocycles. The minimum absolute atomic E-state index is 0. The maximum absolute atomic E-state index is 11.5. The quantitative estimate of drug-likeness (QED) is 0.288. The molecule has 10 heteroatoms. The summed E-state index contributed by atoms with van der Waals surface area (Å²) in [6.45, 7) is 6.22. The third-order valence-corrected chi connectivity index (χ3v) is 4.68. The van der Waals surface area contributed by atoms with Crippen molar-refractivity contribution in [2.75, 3.05) is 38.1 Å². The van der Waals surface area contributed by atoms with Crippen LogP contribution in [0.1, 0.15) is 18.3 Å². The second-order valence-corrected chi connectivity index (χ2v) is 6.58. The molecule has 3 N–H and O–H groups in total. The summed E-state index contributed by atoms with van der Waals surface area (Å²) in [5.74, 6) is 1.81. The van der Waals surface area contributed by atoms with Gasteiger partial charge < -0.3 is 25.4 Å². The Morgan fingerprint density at radius 2 is 2.07 bits per heavy atom. The second-order valence-electron chi connectivity index (χ2n) is 6.58. The third kappa shape index (κ3) is 6.58. The molecule has 1 fully saturated rings. The molecule has 3 rings (SSSR count). The van der Waals surface area contributed by atoms with Gasteiger partial charge in [0.2, 0.25) is 5.91 Å². The molecule has 158 valence electrons. The summed E-state index contributed by atoms with van der Waals surface area (Å²) in [6.07, 6.45) is 2.62. The van der Waals surface area contributed by atoms with Gasteiger partial charge in [-0.05, 0) is 17.7 Å². The third-order valence-electron chi connectivity index (χ3n) is 4.68. The van der Waals surface area contributed by atoms with E-state index in [0.717, 1.165) is 49.1 Å². The lowest BCUT2D eigenvalue weighted by atomic mass is 10.2. The molecule has 1 amide bonds. The van der Waals surface area contributed by atoms with Crippen molar-refractivity contribution >= 4 is 41.5 Å². The molecule has 0 bridgehead atoms. The van der Waals surface area contributed by atoms with Crippen LogP contribution in [-0.4, -0.2) is 59.9 Å². The first-order valence-corrected chi connectivity index (χ1v) is 9.61. The lowest BCUT2D eigenvalue weighted by Crippen LogP contribution is -2.47. The SMILES string of the molecule is CCc1nncn1CCNC(=NC)NCc1ccc(N2CCNC(=O)C2)cc1.I. The predicted molar refractivity (Wildman–Crippen MR) is 125 cm³/mol. The van der Waals surface area contributed by atoms with E-state index < -0.39 is 0 Å². The van der Waals surface area contributed by atoms with E-state index in [1.807, 2.05) is 4.57 Å². The number of nitrogens with one attached hydrogen (secondary N) is 3. The minimum atomic E-state index is 0. The van der Waals surface area contributed by atoms with Gasteiger partial charge in [0.1, 0.15) is 12.2 Å². The van der Waals surface area contributed by atoms with Crippen LogP contribution < -0.4 is 20.9 Å². The summed E-state index contributed by atoms with van der Waals surface area (Å²) in [6, 6.07) is 8.27. The molecule has 29 heavy (non-hydrogen) atoms. The zero-order chi connectivity index (χ0) is 19.8. The molecule has 0 atom stereocenters. The van der Waals surface area contributed by atoms with Crippen LogP contribution in [0.4, 0.5) is 5.69 Å². The predicted octanol–water partition coefficient (Wildman–Crippen LogP) is 0.760. The minimum Gasteiger partial charge on any atom is -0.360 e. The van der Waals surface area contributed by atoms with Gasteiger partial charge in [-0.15, -0.1) is 34.2 Å². The van der Waals surface area contributed by atoms with Crippen LogP contribution in [0.5, 0.6) is 0 Å². The van der Waals surface area contributed by atoms with E-state index in [1.54, 1.807) is 13.4 Å². The number of piperazine rings is 1. The van der Waals surface area contributed by atoms with Crippen LogP contribution in [0.3, 0.4) is 0 Å². The number of hydrogen-bond donors (Lipinski definition) is 3. The summed E-state index contributed by atoms with van der Waals surface area (Å²) in [5, 5.41) is 17.5. The fourth-order valence-corrected chi connectivity index (χ4v) is 3.12. The molecular weight excluding hydrogens is 483 g/mol. The number of aryl methyl sites for hydroxylation is 1. The highest BCUT2D eigenvalue weighted by Gasteiger charge is 2.16. The number of rotatable bonds is 7. The summed E-state index contributed by atoms with van der Waals surface area (Å²) in [5.41, 5.74) is 2.22. The summed E-state index contributed by atoms with van der Waals surface area (Å²) < 4.78 is 2.04. The van der Waals surface area contributed by atoms with Gasteiger partial charge in [0.15, 0.2) is 5.96 Å². The summed E-state index contributed by atoms with van der Waals surface area (Å²) in [4.78, 5) is 17.9. The fourth-order valence-electron chi connectivity index (χ4n) is 3.12. The van der Waals surface area contributed by atoms with Crippen LogP contribution in [0.2, 0.25) is 0 Å². The number of nitrogens with zero attached hydrogens (tertiary/aromatic N) is 5. The summed E-state index contributed by atoms with van der Waals surface area (Å²) >= 11 is 0. The topological polar surface area (TPSA) is 99.5 Å². The van der Waals surface area contributed by atoms with Crippen LogP contribution in [0.25, 0.3) is 0 Å².